The molecule has 0 spiro atoms. The molecule has 96 valence electrons. The van der Waals surface area contributed by atoms with Gasteiger partial charge >= 0.3 is 0 Å². The number of hydrogen-bond donors (Lipinski definition) is 0. The summed E-state index contributed by atoms with van der Waals surface area (Å²) in [7, 11) is 2.03. The summed E-state index contributed by atoms with van der Waals surface area (Å²) in [6, 6.07) is 11.0. The number of anilines is 1. The zero-order chi connectivity index (χ0) is 13.0. The maximum absolute atomic E-state index is 9.19. The van der Waals surface area contributed by atoms with Gasteiger partial charge in [-0.05, 0) is 24.1 Å². The molecule has 0 bridgehead atoms. The summed E-state index contributed by atoms with van der Waals surface area (Å²) in [6.45, 7) is 4.04. The van der Waals surface area contributed by atoms with E-state index in [1.165, 1.54) is 12.0 Å². The van der Waals surface area contributed by atoms with Gasteiger partial charge in [-0.1, -0.05) is 25.5 Å². The van der Waals surface area contributed by atoms with E-state index in [4.69, 9.17) is 4.74 Å². The third kappa shape index (κ3) is 2.65. The first kappa shape index (κ1) is 12.9. The van der Waals surface area contributed by atoms with Crippen molar-refractivity contribution in [3.8, 4) is 6.07 Å². The zero-order valence-corrected chi connectivity index (χ0v) is 11.1. The van der Waals surface area contributed by atoms with E-state index in [1.54, 1.807) is 0 Å². The first-order valence-corrected chi connectivity index (χ1v) is 6.48. The summed E-state index contributed by atoms with van der Waals surface area (Å²) in [5.74, 6) is 0. The zero-order valence-electron chi connectivity index (χ0n) is 11.1. The second-order valence-corrected chi connectivity index (χ2v) is 5.16. The average molecular weight is 244 g/mol. The van der Waals surface area contributed by atoms with Crippen LogP contribution in [0.1, 0.15) is 18.9 Å². The van der Waals surface area contributed by atoms with Gasteiger partial charge in [-0.15, -0.1) is 0 Å². The molecular formula is C15H20N2O. The van der Waals surface area contributed by atoms with Gasteiger partial charge < -0.3 is 9.64 Å². The molecule has 0 saturated carbocycles. The minimum Gasteiger partial charge on any atom is -0.378 e. The second kappa shape index (κ2) is 5.41. The Morgan fingerprint density at radius 2 is 2.00 bits per heavy atom. The number of nitriles is 1. The Balaban J connectivity index is 2.00. The molecule has 0 amide bonds. The predicted molar refractivity (Wildman–Crippen MR) is 72.6 cm³/mol. The maximum Gasteiger partial charge on any atom is 0.121 e. The van der Waals surface area contributed by atoms with E-state index in [9.17, 15) is 5.26 Å². The van der Waals surface area contributed by atoms with Gasteiger partial charge in [0.25, 0.3) is 0 Å². The van der Waals surface area contributed by atoms with Crippen LogP contribution in [0.15, 0.2) is 24.3 Å². The number of nitrogens with zero attached hydrogens (tertiary/aromatic N) is 2. The molecule has 1 aliphatic heterocycles. The fraction of sp³-hybridized carbons (Fsp3) is 0.533. The molecule has 0 atom stereocenters. The van der Waals surface area contributed by atoms with E-state index in [-0.39, 0.29) is 5.41 Å². The Hall–Kier alpha value is -1.53. The normalized spacial score (nSPS) is 16.7. The van der Waals surface area contributed by atoms with Crippen LogP contribution in [0.4, 0.5) is 5.69 Å². The van der Waals surface area contributed by atoms with E-state index < -0.39 is 0 Å². The molecule has 0 radical (unpaired) electrons. The highest BCUT2D eigenvalue weighted by Gasteiger charge is 2.40. The van der Waals surface area contributed by atoms with E-state index in [1.807, 2.05) is 7.05 Å². The van der Waals surface area contributed by atoms with Crippen molar-refractivity contribution in [2.24, 2.45) is 5.41 Å². The molecule has 1 aromatic carbocycles. The van der Waals surface area contributed by atoms with Crippen LogP contribution < -0.4 is 4.90 Å². The van der Waals surface area contributed by atoms with Crippen molar-refractivity contribution < 1.29 is 4.74 Å². The standard InChI is InChI=1S/C15H20N2O/c1-3-4-13-5-7-14(8-6-13)17(2)10-15(9-16)11-18-12-15/h5-8H,3-4,10-12H2,1-2H3. The number of ether oxygens (including phenoxy) is 1. The van der Waals surface area contributed by atoms with E-state index in [2.05, 4.69) is 42.2 Å². The van der Waals surface area contributed by atoms with Crippen LogP contribution in [-0.2, 0) is 11.2 Å². The minimum absolute atomic E-state index is 0.309. The highest BCUT2D eigenvalue weighted by Crippen LogP contribution is 2.29. The van der Waals surface area contributed by atoms with Gasteiger partial charge in [-0.2, -0.15) is 5.26 Å². The molecule has 18 heavy (non-hydrogen) atoms. The topological polar surface area (TPSA) is 36.3 Å². The van der Waals surface area contributed by atoms with Crippen LogP contribution in [0.25, 0.3) is 0 Å². The predicted octanol–water partition coefficient (Wildman–Crippen LogP) is 2.62. The lowest BCUT2D eigenvalue weighted by Gasteiger charge is -2.38. The lowest BCUT2D eigenvalue weighted by atomic mass is 9.87. The Kier molecular flexibility index (Phi) is 3.88. The Morgan fingerprint density at radius 3 is 2.44 bits per heavy atom. The van der Waals surface area contributed by atoms with Gasteiger partial charge in [-0.3, -0.25) is 0 Å². The van der Waals surface area contributed by atoms with Crippen molar-refractivity contribution in [3.05, 3.63) is 29.8 Å². The van der Waals surface area contributed by atoms with Crippen molar-refractivity contribution in [1.29, 1.82) is 5.26 Å². The molecule has 2 rings (SSSR count). The maximum atomic E-state index is 9.19. The first-order valence-electron chi connectivity index (χ1n) is 6.48. The highest BCUT2D eigenvalue weighted by molar-refractivity contribution is 5.47. The number of benzene rings is 1. The van der Waals surface area contributed by atoms with Crippen LogP contribution in [-0.4, -0.2) is 26.8 Å². The highest BCUT2D eigenvalue weighted by atomic mass is 16.5. The molecule has 0 aromatic heterocycles. The minimum atomic E-state index is -0.309. The van der Waals surface area contributed by atoms with Crippen LogP contribution in [0, 0.1) is 16.7 Å². The SMILES string of the molecule is CCCc1ccc(N(C)CC2(C#N)COC2)cc1. The molecule has 0 N–H and O–H groups in total. The fourth-order valence-electron chi connectivity index (χ4n) is 2.29. The van der Waals surface area contributed by atoms with Crippen molar-refractivity contribution in [2.75, 3.05) is 31.7 Å². The van der Waals surface area contributed by atoms with Gasteiger partial charge in [-0.25, -0.2) is 0 Å². The number of aryl methyl sites for hydroxylation is 1. The Labute approximate surface area is 109 Å². The summed E-state index contributed by atoms with van der Waals surface area (Å²) >= 11 is 0. The molecule has 1 aliphatic rings. The molecule has 3 heteroatoms. The molecule has 0 aliphatic carbocycles. The fourth-order valence-corrected chi connectivity index (χ4v) is 2.29. The molecule has 1 heterocycles. The first-order chi connectivity index (χ1) is 8.69. The molecule has 1 saturated heterocycles. The van der Waals surface area contributed by atoms with E-state index in [0.717, 1.165) is 18.7 Å². The molecule has 3 nitrogen and oxygen atoms in total. The second-order valence-electron chi connectivity index (χ2n) is 5.16. The average Bonchev–Trinajstić information content (AvgIpc) is 2.35. The smallest absolute Gasteiger partial charge is 0.121 e. The summed E-state index contributed by atoms with van der Waals surface area (Å²) in [5.41, 5.74) is 2.23. The summed E-state index contributed by atoms with van der Waals surface area (Å²) < 4.78 is 5.17. The van der Waals surface area contributed by atoms with Gasteiger partial charge in [0.05, 0.1) is 19.3 Å². The molecular weight excluding hydrogens is 224 g/mol. The lowest BCUT2D eigenvalue weighted by molar-refractivity contribution is -0.0716. The van der Waals surface area contributed by atoms with E-state index in [0.29, 0.717) is 13.2 Å². The molecule has 0 unspecified atom stereocenters. The van der Waals surface area contributed by atoms with Crippen molar-refractivity contribution in [3.63, 3.8) is 0 Å². The number of rotatable bonds is 5. The van der Waals surface area contributed by atoms with Crippen molar-refractivity contribution >= 4 is 5.69 Å². The molecule has 1 aromatic rings. The van der Waals surface area contributed by atoms with Gasteiger partial charge in [0.2, 0.25) is 0 Å². The van der Waals surface area contributed by atoms with Gasteiger partial charge in [0, 0.05) is 19.3 Å². The van der Waals surface area contributed by atoms with Crippen LogP contribution in [0.2, 0.25) is 0 Å². The van der Waals surface area contributed by atoms with Gasteiger partial charge in [0.15, 0.2) is 0 Å². The summed E-state index contributed by atoms with van der Waals surface area (Å²) in [6.07, 6.45) is 2.30. The lowest BCUT2D eigenvalue weighted by Crippen LogP contribution is -2.49. The Bertz CT molecular complexity index is 429. The van der Waals surface area contributed by atoms with Crippen LogP contribution >= 0.6 is 0 Å². The quantitative estimate of drug-likeness (QED) is 0.799. The summed E-state index contributed by atoms with van der Waals surface area (Å²) in [5, 5.41) is 9.19. The van der Waals surface area contributed by atoms with E-state index >= 15 is 0 Å². The van der Waals surface area contributed by atoms with Crippen LogP contribution in [0.5, 0.6) is 0 Å². The largest absolute Gasteiger partial charge is 0.378 e. The van der Waals surface area contributed by atoms with Crippen LogP contribution in [0.3, 0.4) is 0 Å². The number of hydrogen-bond acceptors (Lipinski definition) is 3. The van der Waals surface area contributed by atoms with Gasteiger partial charge in [0.1, 0.15) is 5.41 Å². The third-order valence-corrected chi connectivity index (χ3v) is 3.45. The van der Waals surface area contributed by atoms with Crippen molar-refractivity contribution in [1.82, 2.24) is 0 Å². The molecule has 1 fully saturated rings. The third-order valence-electron chi connectivity index (χ3n) is 3.45. The van der Waals surface area contributed by atoms with Crippen molar-refractivity contribution in [2.45, 2.75) is 19.8 Å². The monoisotopic (exact) mass is 244 g/mol. The summed E-state index contributed by atoms with van der Waals surface area (Å²) in [4.78, 5) is 2.14. The Morgan fingerprint density at radius 1 is 1.33 bits per heavy atom.